The fraction of sp³-hybridized carbons (Fsp3) is 0.625. The van der Waals surface area contributed by atoms with E-state index in [1.54, 1.807) is 11.8 Å². The van der Waals surface area contributed by atoms with Crippen LogP contribution in [0.25, 0.3) is 0 Å². The highest BCUT2D eigenvalue weighted by molar-refractivity contribution is 7.99. The first kappa shape index (κ1) is 14.9. The molecule has 0 aliphatic carbocycles. The Morgan fingerprint density at radius 2 is 2.00 bits per heavy atom. The molecule has 0 bridgehead atoms. The van der Waals surface area contributed by atoms with Crippen LogP contribution in [-0.4, -0.2) is 22.8 Å². The Hall–Kier alpha value is -0.510. The number of aliphatic hydroxyl groups excluding tert-OH is 1. The molecule has 0 unspecified atom stereocenters. The molecule has 4 atom stereocenters. The monoisotopic (exact) mass is 280 g/mol. The van der Waals surface area contributed by atoms with Gasteiger partial charge in [-0.15, -0.1) is 0 Å². The molecular weight excluding hydrogens is 256 g/mol. The normalized spacial score (nSPS) is 27.8. The molecule has 0 radical (unpaired) electrons. The van der Waals surface area contributed by atoms with Crippen molar-refractivity contribution in [1.29, 1.82) is 0 Å². The summed E-state index contributed by atoms with van der Waals surface area (Å²) in [5.41, 5.74) is 0.106. The van der Waals surface area contributed by atoms with E-state index >= 15 is 0 Å². The van der Waals surface area contributed by atoms with Crippen molar-refractivity contribution in [2.45, 2.75) is 62.1 Å². The van der Waals surface area contributed by atoms with Gasteiger partial charge in [0.2, 0.25) is 0 Å². The zero-order valence-electron chi connectivity index (χ0n) is 11.8. The van der Waals surface area contributed by atoms with Crippen LogP contribution in [0.1, 0.15) is 39.5 Å². The fourth-order valence-electron chi connectivity index (χ4n) is 2.55. The zero-order valence-corrected chi connectivity index (χ0v) is 12.6. The molecule has 1 aromatic carbocycles. The van der Waals surface area contributed by atoms with Crippen LogP contribution < -0.4 is 0 Å². The van der Waals surface area contributed by atoms with E-state index in [4.69, 9.17) is 4.74 Å². The topological polar surface area (TPSA) is 29.5 Å². The summed E-state index contributed by atoms with van der Waals surface area (Å²) in [4.78, 5) is 1.21. The average Bonchev–Trinajstić information content (AvgIpc) is 2.39. The highest BCUT2D eigenvalue weighted by Crippen LogP contribution is 2.42. The van der Waals surface area contributed by atoms with E-state index in [1.165, 1.54) is 17.7 Å². The lowest BCUT2D eigenvalue weighted by molar-refractivity contribution is -0.169. The number of hydrogen-bond donors (Lipinski definition) is 1. The van der Waals surface area contributed by atoms with Gasteiger partial charge >= 0.3 is 0 Å². The SMILES string of the molecule is CCCCC[C@H](O)[C@H]1[C@H](C)O[C@@H]1Sc1ccccc1. The first-order chi connectivity index (χ1) is 9.22. The van der Waals surface area contributed by atoms with Gasteiger partial charge in [-0.3, -0.25) is 0 Å². The third-order valence-corrected chi connectivity index (χ3v) is 4.95. The summed E-state index contributed by atoms with van der Waals surface area (Å²) in [7, 11) is 0. The van der Waals surface area contributed by atoms with Crippen LogP contribution in [0.5, 0.6) is 0 Å². The quantitative estimate of drug-likeness (QED) is 0.763. The van der Waals surface area contributed by atoms with Gasteiger partial charge in [0.15, 0.2) is 0 Å². The molecule has 1 aliphatic rings. The van der Waals surface area contributed by atoms with Crippen LogP contribution in [0.3, 0.4) is 0 Å². The van der Waals surface area contributed by atoms with E-state index in [-0.39, 0.29) is 23.6 Å². The molecule has 1 heterocycles. The predicted octanol–water partition coefficient (Wildman–Crippen LogP) is 4.08. The lowest BCUT2D eigenvalue weighted by atomic mass is 9.89. The molecule has 1 saturated heterocycles. The fourth-order valence-corrected chi connectivity index (χ4v) is 3.93. The van der Waals surface area contributed by atoms with Gasteiger partial charge in [0, 0.05) is 10.8 Å². The summed E-state index contributed by atoms with van der Waals surface area (Å²) >= 11 is 1.73. The van der Waals surface area contributed by atoms with Crippen molar-refractivity contribution in [2.24, 2.45) is 5.92 Å². The highest BCUT2D eigenvalue weighted by atomic mass is 32.2. The molecule has 19 heavy (non-hydrogen) atoms. The first-order valence-electron chi connectivity index (χ1n) is 7.27. The van der Waals surface area contributed by atoms with Gasteiger partial charge < -0.3 is 9.84 Å². The van der Waals surface area contributed by atoms with Crippen molar-refractivity contribution in [3.8, 4) is 0 Å². The minimum Gasteiger partial charge on any atom is -0.393 e. The van der Waals surface area contributed by atoms with E-state index < -0.39 is 0 Å². The molecule has 0 spiro atoms. The smallest absolute Gasteiger partial charge is 0.115 e. The van der Waals surface area contributed by atoms with E-state index in [9.17, 15) is 5.11 Å². The number of thioether (sulfide) groups is 1. The van der Waals surface area contributed by atoms with Crippen molar-refractivity contribution in [2.75, 3.05) is 0 Å². The molecule has 2 nitrogen and oxygen atoms in total. The van der Waals surface area contributed by atoms with E-state index in [1.807, 2.05) is 18.2 Å². The van der Waals surface area contributed by atoms with Crippen LogP contribution in [-0.2, 0) is 4.74 Å². The van der Waals surface area contributed by atoms with Crippen molar-refractivity contribution in [3.63, 3.8) is 0 Å². The number of rotatable bonds is 7. The van der Waals surface area contributed by atoms with Gasteiger partial charge in [0.05, 0.1) is 12.2 Å². The Morgan fingerprint density at radius 3 is 2.63 bits per heavy atom. The maximum atomic E-state index is 10.3. The Bertz CT molecular complexity index is 368. The van der Waals surface area contributed by atoms with Crippen LogP contribution in [0.2, 0.25) is 0 Å². The van der Waals surface area contributed by atoms with Crippen molar-refractivity contribution >= 4 is 11.8 Å². The summed E-state index contributed by atoms with van der Waals surface area (Å²) in [5.74, 6) is 0.266. The van der Waals surface area contributed by atoms with Gasteiger partial charge in [0.1, 0.15) is 5.44 Å². The second kappa shape index (κ2) is 7.32. The molecular formula is C16H24O2S. The molecule has 3 heteroatoms. The zero-order chi connectivity index (χ0) is 13.7. The largest absolute Gasteiger partial charge is 0.393 e. The minimum absolute atomic E-state index is 0.106. The second-order valence-electron chi connectivity index (χ2n) is 5.28. The molecule has 0 saturated carbocycles. The number of benzene rings is 1. The molecule has 106 valence electrons. The standard InChI is InChI=1S/C16H24O2S/c1-3-4-6-11-14(17)15-12(2)18-16(15)19-13-9-7-5-8-10-13/h5,7-10,12,14-17H,3-4,6,11H2,1-2H3/t12-,14-,15+,16+/m0/s1. The van der Waals surface area contributed by atoms with E-state index in [0.717, 1.165) is 12.8 Å². The van der Waals surface area contributed by atoms with E-state index in [2.05, 4.69) is 26.0 Å². The van der Waals surface area contributed by atoms with Crippen LogP contribution in [0, 0.1) is 5.92 Å². The van der Waals surface area contributed by atoms with Crippen LogP contribution in [0.15, 0.2) is 35.2 Å². The lowest BCUT2D eigenvalue weighted by Gasteiger charge is -2.45. The maximum absolute atomic E-state index is 10.3. The Kier molecular flexibility index (Phi) is 5.74. The molecule has 1 aromatic rings. The van der Waals surface area contributed by atoms with E-state index in [0.29, 0.717) is 0 Å². The molecule has 1 N–H and O–H groups in total. The number of hydrogen-bond acceptors (Lipinski definition) is 3. The molecule has 0 amide bonds. The lowest BCUT2D eigenvalue weighted by Crippen LogP contribution is -2.51. The third-order valence-electron chi connectivity index (χ3n) is 3.75. The van der Waals surface area contributed by atoms with Gasteiger partial charge in [0.25, 0.3) is 0 Å². The Morgan fingerprint density at radius 1 is 1.26 bits per heavy atom. The highest BCUT2D eigenvalue weighted by Gasteiger charge is 2.44. The predicted molar refractivity (Wildman–Crippen MR) is 80.3 cm³/mol. The van der Waals surface area contributed by atoms with Crippen molar-refractivity contribution in [3.05, 3.63) is 30.3 Å². The third kappa shape index (κ3) is 3.98. The average molecular weight is 280 g/mol. The van der Waals surface area contributed by atoms with Gasteiger partial charge in [-0.1, -0.05) is 56.1 Å². The minimum atomic E-state index is -0.225. The number of aliphatic hydroxyl groups is 1. The summed E-state index contributed by atoms with van der Waals surface area (Å²) in [6.45, 7) is 4.26. The van der Waals surface area contributed by atoms with Gasteiger partial charge in [-0.2, -0.15) is 0 Å². The summed E-state index contributed by atoms with van der Waals surface area (Å²) in [6.07, 6.45) is 4.37. The molecule has 2 rings (SSSR count). The van der Waals surface area contributed by atoms with Crippen molar-refractivity contribution < 1.29 is 9.84 Å². The van der Waals surface area contributed by atoms with Gasteiger partial charge in [-0.25, -0.2) is 0 Å². The maximum Gasteiger partial charge on any atom is 0.115 e. The number of ether oxygens (including phenoxy) is 1. The second-order valence-corrected chi connectivity index (χ2v) is 6.45. The Balaban J connectivity index is 1.85. The van der Waals surface area contributed by atoms with Gasteiger partial charge in [-0.05, 0) is 25.5 Å². The summed E-state index contributed by atoms with van der Waals surface area (Å²) < 4.78 is 5.79. The summed E-state index contributed by atoms with van der Waals surface area (Å²) in [6, 6.07) is 10.3. The van der Waals surface area contributed by atoms with Crippen LogP contribution in [0.4, 0.5) is 0 Å². The number of unbranched alkanes of at least 4 members (excludes halogenated alkanes) is 2. The van der Waals surface area contributed by atoms with Crippen LogP contribution >= 0.6 is 11.8 Å². The Labute approximate surface area is 120 Å². The molecule has 1 aliphatic heterocycles. The summed E-state index contributed by atoms with van der Waals surface area (Å²) in [5, 5.41) is 10.3. The first-order valence-corrected chi connectivity index (χ1v) is 8.15. The molecule has 1 fully saturated rings. The molecule has 0 aromatic heterocycles. The van der Waals surface area contributed by atoms with Crippen molar-refractivity contribution in [1.82, 2.24) is 0 Å².